The first-order valence-corrected chi connectivity index (χ1v) is 6.81. The molecule has 0 atom stereocenters. The maximum Gasteiger partial charge on any atom is 0.228 e. The van der Waals surface area contributed by atoms with Crippen LogP contribution in [0.1, 0.15) is 32.2 Å². The van der Waals surface area contributed by atoms with E-state index in [4.69, 9.17) is 0 Å². The van der Waals surface area contributed by atoms with E-state index in [2.05, 4.69) is 15.3 Å². The number of aromatic nitrogens is 2. The maximum atomic E-state index is 13.6. The molecule has 0 unspecified atom stereocenters. The number of anilines is 1. The van der Waals surface area contributed by atoms with E-state index in [0.29, 0.717) is 28.3 Å². The summed E-state index contributed by atoms with van der Waals surface area (Å²) in [6.07, 6.45) is 1.86. The van der Waals surface area contributed by atoms with Gasteiger partial charge in [0, 0.05) is 22.7 Å². The molecule has 2 heterocycles. The topological polar surface area (TPSA) is 54.9 Å². The summed E-state index contributed by atoms with van der Waals surface area (Å²) in [6.45, 7) is 6.05. The molecule has 0 saturated heterocycles. The summed E-state index contributed by atoms with van der Waals surface area (Å²) in [6, 6.07) is 4.30. The Morgan fingerprint density at radius 3 is 2.76 bits per heavy atom. The van der Waals surface area contributed by atoms with E-state index < -0.39 is 0 Å². The van der Waals surface area contributed by atoms with Crippen molar-refractivity contribution < 1.29 is 9.18 Å². The standard InChI is InChI=1S/C16H16FN3O/c1-16(2,3)15-18-8-9-6-13(21)19-12-5-4-10(17)7-11(12)14(9)20-15/h4-5,7-8H,6H2,1-3H3,(H,19,21). The summed E-state index contributed by atoms with van der Waals surface area (Å²) in [7, 11) is 0. The van der Waals surface area contributed by atoms with Crippen LogP contribution in [0.4, 0.5) is 10.1 Å². The van der Waals surface area contributed by atoms with Crippen LogP contribution in [0.5, 0.6) is 0 Å². The fourth-order valence-corrected chi connectivity index (χ4v) is 2.32. The van der Waals surface area contributed by atoms with Gasteiger partial charge in [-0.3, -0.25) is 4.79 Å². The first-order chi connectivity index (χ1) is 9.84. The van der Waals surface area contributed by atoms with Crippen LogP contribution in [0, 0.1) is 5.82 Å². The third-order valence-electron chi connectivity index (χ3n) is 3.40. The average molecular weight is 285 g/mol. The van der Waals surface area contributed by atoms with E-state index in [1.54, 1.807) is 12.3 Å². The van der Waals surface area contributed by atoms with Crippen molar-refractivity contribution in [1.29, 1.82) is 0 Å². The molecule has 21 heavy (non-hydrogen) atoms. The highest BCUT2D eigenvalue weighted by Crippen LogP contribution is 2.34. The zero-order chi connectivity index (χ0) is 15.2. The average Bonchev–Trinajstić information content (AvgIpc) is 2.53. The Morgan fingerprint density at radius 2 is 2.05 bits per heavy atom. The van der Waals surface area contributed by atoms with Crippen LogP contribution < -0.4 is 5.32 Å². The lowest BCUT2D eigenvalue weighted by Gasteiger charge is -2.18. The van der Waals surface area contributed by atoms with E-state index in [1.165, 1.54) is 12.1 Å². The van der Waals surface area contributed by atoms with Gasteiger partial charge in [-0.15, -0.1) is 0 Å². The van der Waals surface area contributed by atoms with E-state index in [-0.39, 0.29) is 23.6 Å². The molecule has 1 aliphatic rings. The molecular formula is C16H16FN3O. The molecule has 1 amide bonds. The summed E-state index contributed by atoms with van der Waals surface area (Å²) in [5.41, 5.74) is 2.31. The summed E-state index contributed by atoms with van der Waals surface area (Å²) < 4.78 is 13.6. The minimum atomic E-state index is -0.355. The van der Waals surface area contributed by atoms with Gasteiger partial charge in [0.1, 0.15) is 11.6 Å². The third kappa shape index (κ3) is 2.51. The number of carbonyl (C=O) groups is 1. The number of nitrogens with zero attached hydrogens (tertiary/aromatic N) is 2. The number of benzene rings is 1. The van der Waals surface area contributed by atoms with E-state index in [9.17, 15) is 9.18 Å². The van der Waals surface area contributed by atoms with Crippen LogP contribution in [0.15, 0.2) is 24.4 Å². The van der Waals surface area contributed by atoms with Gasteiger partial charge in [0.05, 0.1) is 17.8 Å². The van der Waals surface area contributed by atoms with Gasteiger partial charge in [-0.2, -0.15) is 0 Å². The summed E-state index contributed by atoms with van der Waals surface area (Å²) >= 11 is 0. The van der Waals surface area contributed by atoms with Crippen molar-refractivity contribution in [3.8, 4) is 11.3 Å². The van der Waals surface area contributed by atoms with Gasteiger partial charge in [-0.1, -0.05) is 20.8 Å². The summed E-state index contributed by atoms with van der Waals surface area (Å²) in [5, 5.41) is 2.78. The second-order valence-corrected chi connectivity index (χ2v) is 6.23. The number of nitrogens with one attached hydrogen (secondary N) is 1. The SMILES string of the molecule is CC(C)(C)c1ncc2c(n1)-c1cc(F)ccc1NC(=O)C2. The zero-order valence-corrected chi connectivity index (χ0v) is 12.2. The molecule has 1 aromatic carbocycles. The molecule has 0 bridgehead atoms. The van der Waals surface area contributed by atoms with Gasteiger partial charge < -0.3 is 5.32 Å². The van der Waals surface area contributed by atoms with E-state index >= 15 is 0 Å². The second kappa shape index (κ2) is 4.62. The highest BCUT2D eigenvalue weighted by atomic mass is 19.1. The monoisotopic (exact) mass is 285 g/mol. The number of hydrogen-bond acceptors (Lipinski definition) is 3. The lowest BCUT2D eigenvalue weighted by molar-refractivity contribution is -0.115. The second-order valence-electron chi connectivity index (χ2n) is 6.23. The Hall–Kier alpha value is -2.30. The van der Waals surface area contributed by atoms with Crippen molar-refractivity contribution in [1.82, 2.24) is 9.97 Å². The number of hydrogen-bond donors (Lipinski definition) is 1. The molecule has 0 aliphatic carbocycles. The Labute approximate surface area is 122 Å². The number of rotatable bonds is 0. The molecule has 4 nitrogen and oxygen atoms in total. The minimum Gasteiger partial charge on any atom is -0.325 e. The number of carbonyl (C=O) groups excluding carboxylic acids is 1. The normalized spacial score (nSPS) is 14.0. The minimum absolute atomic E-state index is 0.145. The molecule has 108 valence electrons. The first-order valence-electron chi connectivity index (χ1n) is 6.81. The van der Waals surface area contributed by atoms with Crippen molar-refractivity contribution in [2.24, 2.45) is 0 Å². The molecule has 3 rings (SSSR count). The van der Waals surface area contributed by atoms with Gasteiger partial charge in [0.2, 0.25) is 5.91 Å². The van der Waals surface area contributed by atoms with Crippen LogP contribution in [-0.2, 0) is 16.6 Å². The smallest absolute Gasteiger partial charge is 0.228 e. The Bertz CT molecular complexity index is 735. The van der Waals surface area contributed by atoms with Gasteiger partial charge in [-0.25, -0.2) is 14.4 Å². The van der Waals surface area contributed by atoms with Crippen molar-refractivity contribution in [3.63, 3.8) is 0 Å². The predicted octanol–water partition coefficient (Wildman–Crippen LogP) is 3.07. The Balaban J connectivity index is 2.27. The van der Waals surface area contributed by atoms with Crippen molar-refractivity contribution in [3.05, 3.63) is 41.6 Å². The van der Waals surface area contributed by atoms with Crippen LogP contribution >= 0.6 is 0 Å². The summed E-state index contributed by atoms with van der Waals surface area (Å²) in [4.78, 5) is 20.9. The number of fused-ring (bicyclic) bond motifs is 3. The molecule has 1 aromatic heterocycles. The van der Waals surface area contributed by atoms with Gasteiger partial charge in [0.15, 0.2) is 0 Å². The Morgan fingerprint density at radius 1 is 1.29 bits per heavy atom. The molecule has 1 aliphatic heterocycles. The largest absolute Gasteiger partial charge is 0.325 e. The van der Waals surface area contributed by atoms with Gasteiger partial charge in [0.25, 0.3) is 0 Å². The van der Waals surface area contributed by atoms with Crippen LogP contribution in [0.25, 0.3) is 11.3 Å². The third-order valence-corrected chi connectivity index (χ3v) is 3.40. The quantitative estimate of drug-likeness (QED) is 0.809. The lowest BCUT2D eigenvalue weighted by atomic mass is 9.94. The highest BCUT2D eigenvalue weighted by molar-refractivity contribution is 5.99. The van der Waals surface area contributed by atoms with Crippen LogP contribution in [0.3, 0.4) is 0 Å². The Kier molecular flexibility index (Phi) is 3.01. The van der Waals surface area contributed by atoms with Gasteiger partial charge >= 0.3 is 0 Å². The molecule has 0 saturated carbocycles. The van der Waals surface area contributed by atoms with E-state index in [0.717, 1.165) is 0 Å². The molecule has 1 N–H and O–H groups in total. The fourth-order valence-electron chi connectivity index (χ4n) is 2.32. The van der Waals surface area contributed by atoms with Crippen LogP contribution in [-0.4, -0.2) is 15.9 Å². The zero-order valence-electron chi connectivity index (χ0n) is 12.2. The molecule has 2 aromatic rings. The number of amides is 1. The molecular weight excluding hydrogens is 269 g/mol. The van der Waals surface area contributed by atoms with Crippen LogP contribution in [0.2, 0.25) is 0 Å². The van der Waals surface area contributed by atoms with Crippen molar-refractivity contribution >= 4 is 11.6 Å². The molecule has 5 heteroatoms. The van der Waals surface area contributed by atoms with Gasteiger partial charge in [-0.05, 0) is 18.2 Å². The lowest BCUT2D eigenvalue weighted by Crippen LogP contribution is -2.17. The van der Waals surface area contributed by atoms with Crippen molar-refractivity contribution in [2.45, 2.75) is 32.6 Å². The molecule has 0 radical (unpaired) electrons. The molecule has 0 spiro atoms. The summed E-state index contributed by atoms with van der Waals surface area (Å²) in [5.74, 6) is 0.172. The maximum absolute atomic E-state index is 13.6. The fraction of sp³-hybridized carbons (Fsp3) is 0.312. The number of halogens is 1. The van der Waals surface area contributed by atoms with E-state index in [1.807, 2.05) is 20.8 Å². The van der Waals surface area contributed by atoms with Crippen molar-refractivity contribution in [2.75, 3.05) is 5.32 Å². The highest BCUT2D eigenvalue weighted by Gasteiger charge is 2.24. The molecule has 0 fully saturated rings. The predicted molar refractivity (Wildman–Crippen MR) is 78.5 cm³/mol. The first kappa shape index (κ1) is 13.7.